The molecule has 172 valence electrons. The number of imidazole rings is 1. The molecule has 0 saturated carbocycles. The van der Waals surface area contributed by atoms with Gasteiger partial charge in [-0.25, -0.2) is 4.98 Å². The van der Waals surface area contributed by atoms with Crippen LogP contribution in [0.25, 0.3) is 11.4 Å². The second kappa shape index (κ2) is 9.54. The van der Waals surface area contributed by atoms with Crippen LogP contribution in [0.1, 0.15) is 43.3 Å². The first kappa shape index (κ1) is 22.7. The first-order valence-electron chi connectivity index (χ1n) is 11.3. The molecule has 4 rings (SSSR count). The predicted molar refractivity (Wildman–Crippen MR) is 126 cm³/mol. The third-order valence-corrected chi connectivity index (χ3v) is 6.26. The van der Waals surface area contributed by atoms with E-state index in [0.29, 0.717) is 23.6 Å². The molecule has 4 heterocycles. The third-order valence-electron chi connectivity index (χ3n) is 6.26. The van der Waals surface area contributed by atoms with E-state index < -0.39 is 17.7 Å². The standard InChI is InChI=1S/C25H29N5O3/c1-4-28(5-2)14-8-16-30-22(18-10-12-26-13-11-18)20(24(32)25(30)33)23(31)21-17(3)27-19-9-6-7-15-29(19)21/h6-7,9-13,15,22,31H,4-5,8,14,16H2,1-3H3/b23-20+/t22-/m0/s1. The van der Waals surface area contributed by atoms with E-state index in [2.05, 4.69) is 28.7 Å². The largest absolute Gasteiger partial charge is 0.505 e. The molecule has 1 atom stereocenters. The number of fused-ring (bicyclic) bond motifs is 1. The molecule has 1 N–H and O–H groups in total. The van der Waals surface area contributed by atoms with E-state index in [1.807, 2.05) is 18.2 Å². The molecule has 1 amide bonds. The number of rotatable bonds is 8. The number of ketones is 1. The molecule has 0 bridgehead atoms. The summed E-state index contributed by atoms with van der Waals surface area (Å²) in [6.07, 6.45) is 5.77. The first-order chi connectivity index (χ1) is 16.0. The number of pyridine rings is 2. The molecular weight excluding hydrogens is 418 g/mol. The average Bonchev–Trinajstić information content (AvgIpc) is 3.30. The Morgan fingerprint density at radius 2 is 1.85 bits per heavy atom. The monoisotopic (exact) mass is 447 g/mol. The van der Waals surface area contributed by atoms with Gasteiger partial charge in [0.2, 0.25) is 0 Å². The van der Waals surface area contributed by atoms with Crippen molar-refractivity contribution in [2.75, 3.05) is 26.2 Å². The van der Waals surface area contributed by atoms with Crippen molar-refractivity contribution in [2.45, 2.75) is 33.2 Å². The summed E-state index contributed by atoms with van der Waals surface area (Å²) < 4.78 is 1.74. The van der Waals surface area contributed by atoms with Crippen molar-refractivity contribution in [3.05, 3.63) is 71.4 Å². The van der Waals surface area contributed by atoms with E-state index in [1.165, 1.54) is 0 Å². The van der Waals surface area contributed by atoms with E-state index in [-0.39, 0.29) is 11.3 Å². The van der Waals surface area contributed by atoms with Gasteiger partial charge in [0.25, 0.3) is 11.7 Å². The van der Waals surface area contributed by atoms with Crippen LogP contribution in [0.3, 0.4) is 0 Å². The van der Waals surface area contributed by atoms with E-state index in [9.17, 15) is 14.7 Å². The van der Waals surface area contributed by atoms with Gasteiger partial charge in [-0.2, -0.15) is 0 Å². The van der Waals surface area contributed by atoms with Gasteiger partial charge in [-0.05, 0) is 62.8 Å². The number of likely N-dealkylation sites (tertiary alicyclic amines) is 1. The zero-order chi connectivity index (χ0) is 23.5. The van der Waals surface area contributed by atoms with Crippen LogP contribution in [0.15, 0.2) is 54.5 Å². The predicted octanol–water partition coefficient (Wildman–Crippen LogP) is 3.19. The van der Waals surface area contributed by atoms with Crippen molar-refractivity contribution in [1.29, 1.82) is 0 Å². The summed E-state index contributed by atoms with van der Waals surface area (Å²) in [7, 11) is 0. The lowest BCUT2D eigenvalue weighted by molar-refractivity contribution is -0.140. The highest BCUT2D eigenvalue weighted by Crippen LogP contribution is 2.39. The van der Waals surface area contributed by atoms with Crippen molar-refractivity contribution >= 4 is 23.1 Å². The Morgan fingerprint density at radius 1 is 1.12 bits per heavy atom. The van der Waals surface area contributed by atoms with Crippen LogP contribution in [0.2, 0.25) is 0 Å². The molecule has 33 heavy (non-hydrogen) atoms. The Hall–Kier alpha value is -3.52. The maximum absolute atomic E-state index is 13.2. The van der Waals surface area contributed by atoms with E-state index in [1.54, 1.807) is 46.9 Å². The lowest BCUT2D eigenvalue weighted by Gasteiger charge is -2.26. The summed E-state index contributed by atoms with van der Waals surface area (Å²) in [6.45, 7) is 9.08. The highest BCUT2D eigenvalue weighted by Gasteiger charge is 2.46. The van der Waals surface area contributed by atoms with Gasteiger partial charge < -0.3 is 14.9 Å². The fraction of sp³-hybridized carbons (Fsp3) is 0.360. The minimum absolute atomic E-state index is 0.0859. The van der Waals surface area contributed by atoms with Crippen molar-refractivity contribution in [3.63, 3.8) is 0 Å². The topological polar surface area (TPSA) is 91.0 Å². The summed E-state index contributed by atoms with van der Waals surface area (Å²) in [5.74, 6) is -1.48. The number of nitrogens with zero attached hydrogens (tertiary/aromatic N) is 5. The minimum Gasteiger partial charge on any atom is -0.505 e. The second-order valence-corrected chi connectivity index (χ2v) is 8.13. The normalized spacial score (nSPS) is 18.1. The lowest BCUT2D eigenvalue weighted by Crippen LogP contribution is -2.33. The van der Waals surface area contributed by atoms with Crippen LogP contribution in [-0.4, -0.2) is 67.1 Å². The van der Waals surface area contributed by atoms with Crippen molar-refractivity contribution in [3.8, 4) is 0 Å². The van der Waals surface area contributed by atoms with Crippen LogP contribution in [0, 0.1) is 6.92 Å². The molecule has 1 aliphatic heterocycles. The van der Waals surface area contributed by atoms with Crippen LogP contribution in [0.5, 0.6) is 0 Å². The number of Topliss-reactive ketones (excluding diaryl/α,β-unsaturated/α-hetero) is 1. The van der Waals surface area contributed by atoms with Gasteiger partial charge >= 0.3 is 0 Å². The Kier molecular flexibility index (Phi) is 6.55. The Bertz CT molecular complexity index is 1200. The molecule has 1 fully saturated rings. The molecule has 0 unspecified atom stereocenters. The molecule has 0 radical (unpaired) electrons. The van der Waals surface area contributed by atoms with Crippen LogP contribution in [0.4, 0.5) is 0 Å². The average molecular weight is 448 g/mol. The van der Waals surface area contributed by atoms with Crippen LogP contribution >= 0.6 is 0 Å². The van der Waals surface area contributed by atoms with E-state index in [0.717, 1.165) is 31.6 Å². The summed E-state index contributed by atoms with van der Waals surface area (Å²) in [4.78, 5) is 38.8. The van der Waals surface area contributed by atoms with Crippen molar-refractivity contribution in [2.24, 2.45) is 0 Å². The van der Waals surface area contributed by atoms with Crippen LogP contribution in [-0.2, 0) is 9.59 Å². The summed E-state index contributed by atoms with van der Waals surface area (Å²) in [6, 6.07) is 8.40. The molecule has 0 aromatic carbocycles. The lowest BCUT2D eigenvalue weighted by atomic mass is 9.97. The SMILES string of the molecule is CCN(CC)CCCN1C(=O)C(=O)/C(=C(/O)c2c(C)nc3ccccn23)[C@@H]1c1ccncc1. The molecule has 8 nitrogen and oxygen atoms in total. The van der Waals surface area contributed by atoms with Crippen LogP contribution < -0.4 is 0 Å². The number of aromatic nitrogens is 3. The molecule has 0 spiro atoms. The van der Waals surface area contributed by atoms with Crippen molar-refractivity contribution < 1.29 is 14.7 Å². The Balaban J connectivity index is 1.80. The summed E-state index contributed by atoms with van der Waals surface area (Å²) in [5, 5.41) is 11.4. The van der Waals surface area contributed by atoms with Gasteiger partial charge in [0.15, 0.2) is 5.76 Å². The van der Waals surface area contributed by atoms with E-state index in [4.69, 9.17) is 0 Å². The highest BCUT2D eigenvalue weighted by molar-refractivity contribution is 6.46. The van der Waals surface area contributed by atoms with Gasteiger partial charge in [-0.1, -0.05) is 19.9 Å². The van der Waals surface area contributed by atoms with Gasteiger partial charge in [0.05, 0.1) is 17.3 Å². The zero-order valence-electron chi connectivity index (χ0n) is 19.2. The van der Waals surface area contributed by atoms with Gasteiger partial charge in [-0.3, -0.25) is 19.0 Å². The van der Waals surface area contributed by atoms with Gasteiger partial charge in [0.1, 0.15) is 11.3 Å². The third kappa shape index (κ3) is 4.14. The molecular formula is C25H29N5O3. The fourth-order valence-electron chi connectivity index (χ4n) is 4.53. The van der Waals surface area contributed by atoms with Gasteiger partial charge in [-0.15, -0.1) is 0 Å². The summed E-state index contributed by atoms with van der Waals surface area (Å²) >= 11 is 0. The van der Waals surface area contributed by atoms with Gasteiger partial charge in [0, 0.05) is 25.1 Å². The Labute approximate surface area is 193 Å². The van der Waals surface area contributed by atoms with E-state index >= 15 is 0 Å². The second-order valence-electron chi connectivity index (χ2n) is 8.13. The smallest absolute Gasteiger partial charge is 0.295 e. The number of aliphatic hydroxyl groups excluding tert-OH is 1. The molecule has 8 heteroatoms. The minimum atomic E-state index is -0.682. The number of aryl methyl sites for hydroxylation is 1. The quantitative estimate of drug-likeness (QED) is 0.324. The zero-order valence-corrected chi connectivity index (χ0v) is 19.2. The maximum Gasteiger partial charge on any atom is 0.295 e. The number of aliphatic hydroxyl groups is 1. The highest BCUT2D eigenvalue weighted by atomic mass is 16.3. The number of amides is 1. The molecule has 1 saturated heterocycles. The fourth-order valence-corrected chi connectivity index (χ4v) is 4.53. The summed E-state index contributed by atoms with van der Waals surface area (Å²) in [5.41, 5.74) is 2.49. The molecule has 3 aromatic rings. The molecule has 1 aliphatic rings. The maximum atomic E-state index is 13.2. The first-order valence-corrected chi connectivity index (χ1v) is 11.3. The number of carbonyl (C=O) groups excluding carboxylic acids is 2. The Morgan fingerprint density at radius 3 is 2.55 bits per heavy atom. The molecule has 0 aliphatic carbocycles. The number of hydrogen-bond acceptors (Lipinski definition) is 6. The number of carbonyl (C=O) groups is 2. The molecule has 3 aromatic heterocycles. The number of hydrogen-bond donors (Lipinski definition) is 1. The van der Waals surface area contributed by atoms with Crippen molar-refractivity contribution in [1.82, 2.24) is 24.2 Å².